The molecule has 0 aliphatic rings. The van der Waals surface area contributed by atoms with E-state index in [9.17, 15) is 4.79 Å². The summed E-state index contributed by atoms with van der Waals surface area (Å²) >= 11 is 0. The lowest BCUT2D eigenvalue weighted by molar-refractivity contribution is 0.253. The van der Waals surface area contributed by atoms with Crippen molar-refractivity contribution < 1.29 is 4.79 Å². The molecule has 4 nitrogen and oxygen atoms in total. The first-order valence-electron chi connectivity index (χ1n) is 4.62. The molecule has 0 aliphatic heterocycles. The number of hydrogen-bond donors (Lipinski definition) is 2. The maximum atomic E-state index is 11.3. The van der Waals surface area contributed by atoms with E-state index < -0.39 is 0 Å². The Labute approximate surface area is 88.9 Å². The van der Waals surface area contributed by atoms with Crippen molar-refractivity contribution in [3.05, 3.63) is 29.3 Å². The number of urea groups is 1. The molecule has 0 radical (unpaired) electrons. The number of amides is 2. The van der Waals surface area contributed by atoms with Gasteiger partial charge in [0.2, 0.25) is 0 Å². The smallest absolute Gasteiger partial charge is 0.320 e. The first kappa shape index (κ1) is 11.1. The van der Waals surface area contributed by atoms with E-state index in [-0.39, 0.29) is 12.6 Å². The van der Waals surface area contributed by atoms with E-state index in [0.29, 0.717) is 0 Å². The van der Waals surface area contributed by atoms with E-state index in [1.807, 2.05) is 38.1 Å². The van der Waals surface area contributed by atoms with Crippen molar-refractivity contribution >= 4 is 11.7 Å². The molecule has 0 heterocycles. The number of rotatable bonds is 2. The third-order valence-electron chi connectivity index (χ3n) is 1.97. The number of nitrogens with one attached hydrogen (secondary N) is 2. The molecule has 15 heavy (non-hydrogen) atoms. The Kier molecular flexibility index (Phi) is 3.69. The lowest BCUT2D eigenvalue weighted by Crippen LogP contribution is -2.29. The Morgan fingerprint density at radius 2 is 2.20 bits per heavy atom. The molecule has 4 heteroatoms. The second-order valence-corrected chi connectivity index (χ2v) is 3.28. The fourth-order valence-corrected chi connectivity index (χ4v) is 1.16. The minimum absolute atomic E-state index is 0.0106. The van der Waals surface area contributed by atoms with Crippen molar-refractivity contribution in [1.82, 2.24) is 5.32 Å². The minimum atomic E-state index is -0.356. The van der Waals surface area contributed by atoms with Crippen LogP contribution in [-0.2, 0) is 0 Å². The highest BCUT2D eigenvalue weighted by Crippen LogP contribution is 2.15. The van der Waals surface area contributed by atoms with E-state index in [1.54, 1.807) is 0 Å². The van der Waals surface area contributed by atoms with Gasteiger partial charge in [-0.2, -0.15) is 5.26 Å². The van der Waals surface area contributed by atoms with Crippen LogP contribution in [0.25, 0.3) is 0 Å². The van der Waals surface area contributed by atoms with Crippen molar-refractivity contribution in [2.24, 2.45) is 0 Å². The van der Waals surface area contributed by atoms with Crippen LogP contribution in [0.5, 0.6) is 0 Å². The van der Waals surface area contributed by atoms with Crippen LogP contribution in [0, 0.1) is 25.2 Å². The van der Waals surface area contributed by atoms with Crippen LogP contribution in [0.4, 0.5) is 10.5 Å². The molecule has 0 fully saturated rings. The van der Waals surface area contributed by atoms with Crippen molar-refractivity contribution in [1.29, 1.82) is 5.26 Å². The molecular formula is C11H13N3O. The molecule has 0 spiro atoms. The van der Waals surface area contributed by atoms with Gasteiger partial charge in [0.05, 0.1) is 6.07 Å². The number of carbonyl (C=O) groups is 1. The molecule has 2 N–H and O–H groups in total. The molecule has 0 bridgehead atoms. The van der Waals surface area contributed by atoms with Gasteiger partial charge in [-0.15, -0.1) is 0 Å². The van der Waals surface area contributed by atoms with Gasteiger partial charge in [0.25, 0.3) is 0 Å². The third-order valence-corrected chi connectivity index (χ3v) is 1.97. The number of anilines is 1. The maximum Gasteiger partial charge on any atom is 0.320 e. The zero-order valence-corrected chi connectivity index (χ0v) is 8.79. The number of hydrogen-bond acceptors (Lipinski definition) is 2. The van der Waals surface area contributed by atoms with Crippen LogP contribution < -0.4 is 10.6 Å². The molecule has 0 unspecified atom stereocenters. The predicted molar refractivity (Wildman–Crippen MR) is 58.6 cm³/mol. The molecule has 1 rings (SSSR count). The largest absolute Gasteiger partial charge is 0.325 e. The Morgan fingerprint density at radius 1 is 1.47 bits per heavy atom. The van der Waals surface area contributed by atoms with Crippen molar-refractivity contribution in [3.8, 4) is 6.07 Å². The summed E-state index contributed by atoms with van der Waals surface area (Å²) in [6.07, 6.45) is 0. The van der Waals surface area contributed by atoms with E-state index in [0.717, 1.165) is 16.8 Å². The zero-order valence-electron chi connectivity index (χ0n) is 8.79. The Bertz CT molecular complexity index is 407. The Balaban J connectivity index is 2.68. The summed E-state index contributed by atoms with van der Waals surface area (Å²) in [7, 11) is 0. The molecule has 0 aliphatic carbocycles. The van der Waals surface area contributed by atoms with Crippen LogP contribution in [0.3, 0.4) is 0 Å². The van der Waals surface area contributed by atoms with Crippen molar-refractivity contribution in [3.63, 3.8) is 0 Å². The average Bonchev–Trinajstić information content (AvgIpc) is 2.20. The molecule has 0 saturated heterocycles. The standard InChI is InChI=1S/C11H13N3O/c1-8-3-4-9(2)10(7-8)14-11(15)13-6-5-12/h3-4,7H,6H2,1-2H3,(H2,13,14,15). The van der Waals surface area contributed by atoms with Gasteiger partial charge in [-0.05, 0) is 31.0 Å². The summed E-state index contributed by atoms with van der Waals surface area (Å²) in [5.41, 5.74) is 2.84. The number of nitrogens with zero attached hydrogens (tertiary/aromatic N) is 1. The number of benzene rings is 1. The first-order valence-corrected chi connectivity index (χ1v) is 4.62. The highest BCUT2D eigenvalue weighted by molar-refractivity contribution is 5.90. The minimum Gasteiger partial charge on any atom is -0.325 e. The van der Waals surface area contributed by atoms with Gasteiger partial charge in [0, 0.05) is 5.69 Å². The topological polar surface area (TPSA) is 64.9 Å². The molecule has 2 amide bonds. The quantitative estimate of drug-likeness (QED) is 0.721. The van der Waals surface area contributed by atoms with Gasteiger partial charge in [-0.25, -0.2) is 4.79 Å². The van der Waals surface area contributed by atoms with Crippen LogP contribution in [0.2, 0.25) is 0 Å². The molecule has 0 saturated carbocycles. The van der Waals surface area contributed by atoms with Crippen LogP contribution >= 0.6 is 0 Å². The summed E-state index contributed by atoms with van der Waals surface area (Å²) < 4.78 is 0. The van der Waals surface area contributed by atoms with Gasteiger partial charge in [0.15, 0.2) is 0 Å². The zero-order chi connectivity index (χ0) is 11.3. The lowest BCUT2D eigenvalue weighted by Gasteiger charge is -2.08. The number of nitriles is 1. The fourth-order valence-electron chi connectivity index (χ4n) is 1.16. The summed E-state index contributed by atoms with van der Waals surface area (Å²) in [5, 5.41) is 13.4. The molecule has 1 aromatic carbocycles. The summed E-state index contributed by atoms with van der Waals surface area (Å²) in [5.74, 6) is 0. The molecule has 0 atom stereocenters. The summed E-state index contributed by atoms with van der Waals surface area (Å²) in [6, 6.07) is 7.29. The SMILES string of the molecule is Cc1ccc(C)c(NC(=O)NCC#N)c1. The third kappa shape index (κ3) is 3.31. The normalized spacial score (nSPS) is 9.13. The first-order chi connectivity index (χ1) is 7.13. The maximum absolute atomic E-state index is 11.3. The van der Waals surface area contributed by atoms with E-state index in [1.165, 1.54) is 0 Å². The Hall–Kier alpha value is -2.02. The predicted octanol–water partition coefficient (Wildman–Crippen LogP) is 1.95. The number of aryl methyl sites for hydroxylation is 2. The fraction of sp³-hybridized carbons (Fsp3) is 0.273. The van der Waals surface area contributed by atoms with Crippen molar-refractivity contribution in [2.75, 3.05) is 11.9 Å². The lowest BCUT2D eigenvalue weighted by atomic mass is 10.1. The van der Waals surface area contributed by atoms with Gasteiger partial charge in [-0.1, -0.05) is 12.1 Å². The monoisotopic (exact) mass is 203 g/mol. The van der Waals surface area contributed by atoms with Crippen LogP contribution in [-0.4, -0.2) is 12.6 Å². The number of carbonyl (C=O) groups excluding carboxylic acids is 1. The Morgan fingerprint density at radius 3 is 2.87 bits per heavy atom. The van der Waals surface area contributed by atoms with E-state index in [2.05, 4.69) is 10.6 Å². The summed E-state index contributed by atoms with van der Waals surface area (Å²) in [6.45, 7) is 3.88. The van der Waals surface area contributed by atoms with Gasteiger partial charge in [-0.3, -0.25) is 0 Å². The second kappa shape index (κ2) is 5.01. The van der Waals surface area contributed by atoms with Crippen LogP contribution in [0.15, 0.2) is 18.2 Å². The van der Waals surface area contributed by atoms with E-state index >= 15 is 0 Å². The average molecular weight is 203 g/mol. The molecule has 0 aromatic heterocycles. The summed E-state index contributed by atoms with van der Waals surface area (Å²) in [4.78, 5) is 11.3. The van der Waals surface area contributed by atoms with E-state index in [4.69, 9.17) is 5.26 Å². The van der Waals surface area contributed by atoms with Gasteiger partial charge in [0.1, 0.15) is 6.54 Å². The highest BCUT2D eigenvalue weighted by Gasteiger charge is 2.03. The molecule has 1 aromatic rings. The molecular weight excluding hydrogens is 190 g/mol. The molecule has 78 valence electrons. The van der Waals surface area contributed by atoms with Gasteiger partial charge >= 0.3 is 6.03 Å². The second-order valence-electron chi connectivity index (χ2n) is 3.28. The van der Waals surface area contributed by atoms with Gasteiger partial charge < -0.3 is 10.6 Å². The van der Waals surface area contributed by atoms with Crippen LogP contribution in [0.1, 0.15) is 11.1 Å². The highest BCUT2D eigenvalue weighted by atomic mass is 16.2. The van der Waals surface area contributed by atoms with Crippen molar-refractivity contribution in [2.45, 2.75) is 13.8 Å².